The maximum Gasteiger partial charge on any atom is 0.264 e. The quantitative estimate of drug-likeness (QED) is 0.197. The highest BCUT2D eigenvalue weighted by molar-refractivity contribution is 6.99. The van der Waals surface area contributed by atoms with E-state index in [1.807, 2.05) is 60.7 Å². The topological polar surface area (TPSA) is 115 Å². The van der Waals surface area contributed by atoms with Crippen LogP contribution >= 0.6 is 0 Å². The first-order valence-corrected chi connectivity index (χ1v) is 15.3. The van der Waals surface area contributed by atoms with Gasteiger partial charge in [-0.15, -0.1) is 0 Å². The molecule has 0 amide bonds. The van der Waals surface area contributed by atoms with E-state index in [1.165, 1.54) is 0 Å². The van der Waals surface area contributed by atoms with E-state index in [0.29, 0.717) is 5.75 Å². The highest BCUT2D eigenvalue weighted by Crippen LogP contribution is 2.41. The third-order valence-corrected chi connectivity index (χ3v) is 12.6. The minimum atomic E-state index is -3.08. The number of hydrogen-bond acceptors (Lipinski definition) is 7. The van der Waals surface area contributed by atoms with Crippen molar-refractivity contribution in [1.82, 2.24) is 0 Å². The molecule has 5 rings (SSSR count). The number of benzene rings is 3. The maximum atomic E-state index is 11.5. The fraction of sp³-hybridized carbons (Fsp3) is 0.400. The molecule has 10 heteroatoms. The van der Waals surface area contributed by atoms with Crippen LogP contribution in [0.3, 0.4) is 0 Å². The van der Waals surface area contributed by atoms with Gasteiger partial charge in [-0.2, -0.15) is 0 Å². The molecule has 6 atom stereocenters. The summed E-state index contributed by atoms with van der Waals surface area (Å²) < 4.78 is 31.0. The van der Waals surface area contributed by atoms with Crippen molar-refractivity contribution in [3.63, 3.8) is 0 Å². The van der Waals surface area contributed by atoms with Gasteiger partial charge in [0.25, 0.3) is 8.32 Å². The second-order valence-corrected chi connectivity index (χ2v) is 15.3. The van der Waals surface area contributed by atoms with E-state index in [0.717, 1.165) is 15.9 Å². The molecular formula is C30H35N3O6Si. The Morgan fingerprint density at radius 3 is 2.05 bits per heavy atom. The van der Waals surface area contributed by atoms with Gasteiger partial charge >= 0.3 is 0 Å². The number of rotatable bonds is 7. The predicted molar refractivity (Wildman–Crippen MR) is 153 cm³/mol. The summed E-state index contributed by atoms with van der Waals surface area (Å²) in [4.78, 5) is 3.05. The molecule has 210 valence electrons. The number of nitrogens with zero attached hydrogens (tertiary/aromatic N) is 3. The van der Waals surface area contributed by atoms with Crippen LogP contribution < -0.4 is 15.1 Å². The van der Waals surface area contributed by atoms with Crippen LogP contribution in [-0.2, 0) is 18.6 Å². The zero-order valence-electron chi connectivity index (χ0n) is 23.1. The van der Waals surface area contributed by atoms with Gasteiger partial charge in [0, 0.05) is 10.5 Å². The van der Waals surface area contributed by atoms with Gasteiger partial charge in [0.15, 0.2) is 12.6 Å². The second kappa shape index (κ2) is 11.7. The Hall–Kier alpha value is -3.21. The van der Waals surface area contributed by atoms with Gasteiger partial charge in [0.2, 0.25) is 0 Å². The molecule has 0 aliphatic carbocycles. The number of azide groups is 1. The van der Waals surface area contributed by atoms with Gasteiger partial charge in [-0.05, 0) is 33.1 Å². The van der Waals surface area contributed by atoms with E-state index in [9.17, 15) is 10.6 Å². The molecular weight excluding hydrogens is 526 g/mol. The fourth-order valence-electron chi connectivity index (χ4n) is 5.65. The van der Waals surface area contributed by atoms with E-state index in [-0.39, 0.29) is 11.6 Å². The van der Waals surface area contributed by atoms with Gasteiger partial charge < -0.3 is 28.5 Å². The molecule has 0 aromatic heterocycles. The number of hydrogen-bond donors (Lipinski definition) is 1. The van der Waals surface area contributed by atoms with Crippen molar-refractivity contribution >= 4 is 18.7 Å². The first-order chi connectivity index (χ1) is 19.3. The highest BCUT2D eigenvalue weighted by Gasteiger charge is 2.56. The van der Waals surface area contributed by atoms with Gasteiger partial charge in [-0.3, -0.25) is 0 Å². The van der Waals surface area contributed by atoms with Crippen molar-refractivity contribution in [2.75, 3.05) is 13.7 Å². The predicted octanol–water partition coefficient (Wildman–Crippen LogP) is 4.45. The molecule has 0 spiro atoms. The molecule has 0 saturated carbocycles. The second-order valence-electron chi connectivity index (χ2n) is 11.0. The average molecular weight is 562 g/mol. The van der Waals surface area contributed by atoms with Crippen molar-refractivity contribution in [1.29, 1.82) is 0 Å². The molecule has 0 radical (unpaired) electrons. The summed E-state index contributed by atoms with van der Waals surface area (Å²) in [5, 5.41) is 17.3. The first-order valence-electron chi connectivity index (χ1n) is 13.4. The van der Waals surface area contributed by atoms with Crippen molar-refractivity contribution in [2.24, 2.45) is 5.11 Å². The zero-order valence-corrected chi connectivity index (χ0v) is 24.1. The third-order valence-electron chi connectivity index (χ3n) is 7.62. The number of ether oxygens (including phenoxy) is 4. The van der Waals surface area contributed by atoms with Crippen LogP contribution in [0.5, 0.6) is 5.75 Å². The highest BCUT2D eigenvalue weighted by atomic mass is 28.4. The number of methoxy groups -OCH3 is 1. The normalized spacial score (nSPS) is 26.8. The Kier molecular flexibility index (Phi) is 8.30. The Morgan fingerprint density at radius 2 is 1.52 bits per heavy atom. The van der Waals surface area contributed by atoms with Crippen LogP contribution in [0.1, 0.15) is 32.6 Å². The molecule has 1 N–H and O–H groups in total. The number of aliphatic hydroxyl groups is 1. The summed E-state index contributed by atoms with van der Waals surface area (Å²) in [6, 6.07) is 26.5. The molecule has 3 unspecified atom stereocenters. The molecule has 2 aliphatic rings. The van der Waals surface area contributed by atoms with Crippen LogP contribution in [0, 0.1) is 0 Å². The van der Waals surface area contributed by atoms with Crippen LogP contribution in [0.4, 0.5) is 0 Å². The molecule has 2 fully saturated rings. The van der Waals surface area contributed by atoms with Crippen LogP contribution in [-0.4, -0.2) is 57.8 Å². The smallest absolute Gasteiger partial charge is 0.264 e. The van der Waals surface area contributed by atoms with E-state index in [2.05, 4.69) is 55.1 Å². The summed E-state index contributed by atoms with van der Waals surface area (Å²) in [5.41, 5.74) is 10.3. The van der Waals surface area contributed by atoms with Gasteiger partial charge in [0.05, 0.1) is 19.8 Å². The summed E-state index contributed by atoms with van der Waals surface area (Å²) in [7, 11) is -1.48. The number of fused-ring (bicyclic) bond motifs is 1. The van der Waals surface area contributed by atoms with Crippen LogP contribution in [0.15, 0.2) is 90.0 Å². The van der Waals surface area contributed by atoms with Gasteiger partial charge in [0.1, 0.15) is 24.0 Å². The number of aliphatic hydroxyl groups excluding tert-OH is 1. The zero-order chi connectivity index (χ0) is 28.3. The molecule has 3 aromatic rings. The summed E-state index contributed by atoms with van der Waals surface area (Å²) in [6.45, 7) is 6.62. The SMILES string of the molecule is COc1ccc(C2OCC3O[C@@H](O[Si](c4ccccc4)(c4ccccc4)C(C)(C)C)C(N=[N+]=[N-])[C@@H](O)[C@@H]3O2)cc1. The van der Waals surface area contributed by atoms with Crippen molar-refractivity contribution in [3.8, 4) is 5.75 Å². The van der Waals surface area contributed by atoms with E-state index >= 15 is 0 Å². The van der Waals surface area contributed by atoms with E-state index in [1.54, 1.807) is 7.11 Å². The van der Waals surface area contributed by atoms with Crippen LogP contribution in [0.2, 0.25) is 5.04 Å². The third kappa shape index (κ3) is 5.27. The monoisotopic (exact) mass is 561 g/mol. The lowest BCUT2D eigenvalue weighted by Crippen LogP contribution is -2.71. The Balaban J connectivity index is 1.49. The standard InChI is InChI=1S/C30H35N3O6Si/c1-30(2,3)40(22-11-7-5-8-12-22,23-13-9-6-10-14-23)39-29-25(32-33-31)26(34)27-24(37-29)19-36-28(38-27)20-15-17-21(35-4)18-16-20/h5-18,24-29,34H,19H2,1-4H3/t24?,25?,26-,27-,28?,29+/m1/s1. The molecule has 2 heterocycles. The van der Waals surface area contributed by atoms with E-state index in [4.69, 9.17) is 23.4 Å². The lowest BCUT2D eigenvalue weighted by Gasteiger charge is -2.51. The van der Waals surface area contributed by atoms with Crippen molar-refractivity contribution in [2.45, 2.75) is 62.7 Å². The Labute approximate surface area is 235 Å². The molecule has 9 nitrogen and oxygen atoms in total. The summed E-state index contributed by atoms with van der Waals surface area (Å²) in [6.07, 6.45) is -4.33. The maximum absolute atomic E-state index is 11.5. The Bertz CT molecular complexity index is 1280. The molecule has 3 aromatic carbocycles. The fourth-order valence-corrected chi connectivity index (χ4v) is 10.2. The minimum Gasteiger partial charge on any atom is -0.497 e. The lowest BCUT2D eigenvalue weighted by molar-refractivity contribution is -0.332. The Morgan fingerprint density at radius 1 is 0.925 bits per heavy atom. The molecule has 2 aliphatic heterocycles. The van der Waals surface area contributed by atoms with E-state index < -0.39 is 45.3 Å². The summed E-state index contributed by atoms with van der Waals surface area (Å²) >= 11 is 0. The molecule has 40 heavy (non-hydrogen) atoms. The largest absolute Gasteiger partial charge is 0.497 e. The van der Waals surface area contributed by atoms with Crippen molar-refractivity contribution in [3.05, 3.63) is 101 Å². The van der Waals surface area contributed by atoms with Crippen molar-refractivity contribution < 1.29 is 28.5 Å². The molecule has 0 bridgehead atoms. The lowest BCUT2D eigenvalue weighted by atomic mass is 9.96. The van der Waals surface area contributed by atoms with Gasteiger partial charge in [-0.25, -0.2) is 0 Å². The van der Waals surface area contributed by atoms with Crippen LogP contribution in [0.25, 0.3) is 10.4 Å². The average Bonchev–Trinajstić information content (AvgIpc) is 2.98. The first kappa shape index (κ1) is 28.3. The van der Waals surface area contributed by atoms with Gasteiger partial charge in [-0.1, -0.05) is 98.7 Å². The minimum absolute atomic E-state index is 0.169. The summed E-state index contributed by atoms with van der Waals surface area (Å²) in [5.74, 6) is 0.713. The molecule has 2 saturated heterocycles.